The van der Waals surface area contributed by atoms with Crippen molar-refractivity contribution in [2.75, 3.05) is 0 Å². The van der Waals surface area contributed by atoms with E-state index in [4.69, 9.17) is 0 Å². The lowest BCUT2D eigenvalue weighted by Gasteiger charge is -2.08. The Morgan fingerprint density at radius 2 is 1.86 bits per heavy atom. The van der Waals surface area contributed by atoms with E-state index in [0.717, 1.165) is 30.6 Å². The van der Waals surface area contributed by atoms with E-state index >= 15 is 0 Å². The third kappa shape index (κ3) is 3.87. The minimum absolute atomic E-state index is 0.413. The van der Waals surface area contributed by atoms with Gasteiger partial charge in [-0.05, 0) is 29.8 Å². The Balaban J connectivity index is 2.12. The molecular weight excluding hydrogens is 304 g/mol. The Morgan fingerprint density at radius 1 is 1.18 bits per heavy atom. The number of oxime groups is 1. The molecule has 22 heavy (non-hydrogen) atoms. The van der Waals surface area contributed by atoms with Crippen molar-refractivity contribution < 1.29 is 27.2 Å². The number of benzene rings is 1. The Bertz CT molecular complexity index is 697. The van der Waals surface area contributed by atoms with Gasteiger partial charge in [0.25, 0.3) is 0 Å². The fourth-order valence-corrected chi connectivity index (χ4v) is 1.53. The molecule has 0 fully saturated rings. The van der Waals surface area contributed by atoms with Crippen molar-refractivity contribution in [1.29, 1.82) is 0 Å². The van der Waals surface area contributed by atoms with Gasteiger partial charge in [0.15, 0.2) is 5.69 Å². The topological polar surface area (TPSA) is 51.5 Å². The minimum atomic E-state index is -4.78. The summed E-state index contributed by atoms with van der Waals surface area (Å²) >= 11 is 0. The largest absolute Gasteiger partial charge is 0.434 e. The van der Waals surface area contributed by atoms with E-state index in [1.165, 1.54) is 18.2 Å². The molecule has 0 spiro atoms. The molecule has 2 aromatic rings. The zero-order valence-corrected chi connectivity index (χ0v) is 10.8. The second-order valence-electron chi connectivity index (χ2n) is 4.06. The summed E-state index contributed by atoms with van der Waals surface area (Å²) in [5, 5.41) is 3.28. The molecule has 0 N–H and O–H groups in total. The lowest BCUT2D eigenvalue weighted by atomic mass is 10.2. The highest BCUT2D eigenvalue weighted by Crippen LogP contribution is 2.30. The van der Waals surface area contributed by atoms with Gasteiger partial charge in [0, 0.05) is 6.20 Å². The normalized spacial score (nSPS) is 11.6. The number of alkyl halides is 3. The van der Waals surface area contributed by atoms with Crippen molar-refractivity contribution in [2.24, 2.45) is 5.16 Å². The molecule has 2 rings (SSSR count). The maximum atomic E-state index is 12.7. The van der Waals surface area contributed by atoms with E-state index in [0.29, 0.717) is 5.56 Å². The molecule has 1 aromatic heterocycles. The molecule has 0 aliphatic heterocycles. The van der Waals surface area contributed by atoms with Gasteiger partial charge in [-0.2, -0.15) is 13.2 Å². The van der Waals surface area contributed by atoms with Crippen LogP contribution in [0.4, 0.5) is 17.6 Å². The van der Waals surface area contributed by atoms with Crippen LogP contribution in [0.1, 0.15) is 21.6 Å². The third-order valence-electron chi connectivity index (χ3n) is 2.50. The smallest absolute Gasteiger partial charge is 0.313 e. The zero-order valence-electron chi connectivity index (χ0n) is 10.8. The minimum Gasteiger partial charge on any atom is -0.313 e. The van der Waals surface area contributed by atoms with E-state index in [2.05, 4.69) is 15.0 Å². The molecule has 0 bridgehead atoms. The molecule has 0 saturated carbocycles. The number of aromatic nitrogens is 1. The summed E-state index contributed by atoms with van der Waals surface area (Å²) in [6.45, 7) is 0. The average Bonchev–Trinajstić information content (AvgIpc) is 2.48. The summed E-state index contributed by atoms with van der Waals surface area (Å²) < 4.78 is 50.7. The SMILES string of the molecule is O=C(O/N=C/c1ccc(F)cc1)c1cccnc1C(F)(F)F. The summed E-state index contributed by atoms with van der Waals surface area (Å²) in [6.07, 6.45) is -2.79. The molecule has 0 aliphatic carbocycles. The van der Waals surface area contributed by atoms with Gasteiger partial charge in [0.05, 0.1) is 11.8 Å². The van der Waals surface area contributed by atoms with Crippen molar-refractivity contribution in [3.05, 3.63) is 65.2 Å². The summed E-state index contributed by atoms with van der Waals surface area (Å²) in [6, 6.07) is 7.15. The lowest BCUT2D eigenvalue weighted by Crippen LogP contribution is -2.15. The van der Waals surface area contributed by atoms with Gasteiger partial charge < -0.3 is 4.84 Å². The van der Waals surface area contributed by atoms with Gasteiger partial charge >= 0.3 is 12.1 Å². The van der Waals surface area contributed by atoms with Crippen LogP contribution in [-0.4, -0.2) is 17.2 Å². The number of carbonyl (C=O) groups is 1. The number of halogens is 4. The summed E-state index contributed by atoms with van der Waals surface area (Å²) in [5.41, 5.74) is -1.68. The van der Waals surface area contributed by atoms with Crippen molar-refractivity contribution in [3.8, 4) is 0 Å². The molecule has 0 radical (unpaired) electrons. The molecule has 8 heteroatoms. The number of hydrogen-bond donors (Lipinski definition) is 0. The second kappa shape index (κ2) is 6.33. The fourth-order valence-electron chi connectivity index (χ4n) is 1.53. The first-order chi connectivity index (χ1) is 10.4. The zero-order chi connectivity index (χ0) is 16.2. The van der Waals surface area contributed by atoms with Gasteiger partial charge in [-0.25, -0.2) is 9.18 Å². The maximum absolute atomic E-state index is 12.7. The molecule has 114 valence electrons. The maximum Gasteiger partial charge on any atom is 0.434 e. The van der Waals surface area contributed by atoms with Crippen LogP contribution in [-0.2, 0) is 11.0 Å². The molecule has 0 aliphatic rings. The fraction of sp³-hybridized carbons (Fsp3) is 0.0714. The van der Waals surface area contributed by atoms with Crippen LogP contribution in [0, 0.1) is 5.82 Å². The van der Waals surface area contributed by atoms with E-state index in [1.807, 2.05) is 0 Å². The molecule has 0 amide bonds. The van der Waals surface area contributed by atoms with Crippen LogP contribution in [0.5, 0.6) is 0 Å². The Hall–Kier alpha value is -2.77. The average molecular weight is 312 g/mol. The van der Waals surface area contributed by atoms with Crippen LogP contribution in [0.2, 0.25) is 0 Å². The summed E-state index contributed by atoms with van der Waals surface area (Å²) in [5.74, 6) is -1.75. The predicted molar refractivity (Wildman–Crippen MR) is 68.6 cm³/mol. The van der Waals surface area contributed by atoms with Gasteiger partial charge in [0.1, 0.15) is 5.82 Å². The second-order valence-corrected chi connectivity index (χ2v) is 4.06. The number of hydrogen-bond acceptors (Lipinski definition) is 4. The number of carbonyl (C=O) groups excluding carboxylic acids is 1. The molecule has 4 nitrogen and oxygen atoms in total. The molecular formula is C14H8F4N2O2. The first-order valence-corrected chi connectivity index (χ1v) is 5.90. The van der Waals surface area contributed by atoms with Crippen LogP contribution in [0.15, 0.2) is 47.8 Å². The highest BCUT2D eigenvalue weighted by Gasteiger charge is 2.37. The molecule has 0 atom stereocenters. The van der Waals surface area contributed by atoms with Crippen molar-refractivity contribution in [3.63, 3.8) is 0 Å². The van der Waals surface area contributed by atoms with Crippen molar-refractivity contribution in [1.82, 2.24) is 4.98 Å². The van der Waals surface area contributed by atoms with E-state index in [1.54, 1.807) is 0 Å². The number of nitrogens with zero attached hydrogens (tertiary/aromatic N) is 2. The van der Waals surface area contributed by atoms with E-state index < -0.39 is 29.2 Å². The van der Waals surface area contributed by atoms with Gasteiger partial charge in [-0.1, -0.05) is 17.3 Å². The quantitative estimate of drug-likeness (QED) is 0.377. The Labute approximate surface area is 122 Å². The summed E-state index contributed by atoms with van der Waals surface area (Å²) in [4.78, 5) is 19.1. The van der Waals surface area contributed by atoms with Gasteiger partial charge in [-0.3, -0.25) is 4.98 Å². The third-order valence-corrected chi connectivity index (χ3v) is 2.50. The van der Waals surface area contributed by atoms with E-state index in [9.17, 15) is 22.4 Å². The van der Waals surface area contributed by atoms with E-state index in [-0.39, 0.29) is 0 Å². The molecule has 0 saturated heterocycles. The highest BCUT2D eigenvalue weighted by molar-refractivity contribution is 5.91. The first kappa shape index (κ1) is 15.6. The standard InChI is InChI=1S/C14H8F4N2O2/c15-10-5-3-9(4-6-10)8-20-22-13(21)11-2-1-7-19-12(11)14(16,17)18/h1-8H/b20-8+. The van der Waals surface area contributed by atoms with Crippen LogP contribution < -0.4 is 0 Å². The van der Waals surface area contributed by atoms with Crippen LogP contribution in [0.25, 0.3) is 0 Å². The van der Waals surface area contributed by atoms with Gasteiger partial charge in [0.2, 0.25) is 0 Å². The summed E-state index contributed by atoms with van der Waals surface area (Å²) in [7, 11) is 0. The van der Waals surface area contributed by atoms with Crippen molar-refractivity contribution in [2.45, 2.75) is 6.18 Å². The molecule has 1 aromatic carbocycles. The predicted octanol–water partition coefficient (Wildman–Crippen LogP) is 3.43. The molecule has 1 heterocycles. The van der Waals surface area contributed by atoms with Gasteiger partial charge in [-0.15, -0.1) is 0 Å². The lowest BCUT2D eigenvalue weighted by molar-refractivity contribution is -0.141. The first-order valence-electron chi connectivity index (χ1n) is 5.90. The Kier molecular flexibility index (Phi) is 4.50. The van der Waals surface area contributed by atoms with Crippen LogP contribution >= 0.6 is 0 Å². The Morgan fingerprint density at radius 3 is 2.50 bits per heavy atom. The highest BCUT2D eigenvalue weighted by atomic mass is 19.4. The van der Waals surface area contributed by atoms with Crippen LogP contribution in [0.3, 0.4) is 0 Å². The molecule has 0 unspecified atom stereocenters. The number of pyridine rings is 1. The number of rotatable bonds is 3. The monoisotopic (exact) mass is 312 g/mol. The van der Waals surface area contributed by atoms with Crippen molar-refractivity contribution >= 4 is 12.2 Å².